The molecule has 0 bridgehead atoms. The molecule has 0 heterocycles. The summed E-state index contributed by atoms with van der Waals surface area (Å²) < 4.78 is 42.1. The summed E-state index contributed by atoms with van der Waals surface area (Å²) in [5.74, 6) is -0.0501. The van der Waals surface area contributed by atoms with Crippen molar-refractivity contribution in [2.24, 2.45) is 5.73 Å². The second-order valence-electron chi connectivity index (χ2n) is 4.32. The molecule has 0 aliphatic rings. The van der Waals surface area contributed by atoms with Crippen LogP contribution in [0.5, 0.6) is 0 Å². The smallest absolute Gasteiger partial charge is 0.416 e. The van der Waals surface area contributed by atoms with E-state index in [2.05, 4.69) is 0 Å². The minimum absolute atomic E-state index is 0.0271. The Labute approximate surface area is 110 Å². The Morgan fingerprint density at radius 3 is 2.37 bits per heavy atom. The van der Waals surface area contributed by atoms with E-state index in [0.29, 0.717) is 20.3 Å². The highest BCUT2D eigenvalue weighted by Gasteiger charge is 2.29. The SMILES string of the molecule is NCOB[C@@H](CO)CCc1ccc(C(F)(F)F)cc1. The second-order valence-corrected chi connectivity index (χ2v) is 4.32. The van der Waals surface area contributed by atoms with Crippen LogP contribution in [0.3, 0.4) is 0 Å². The molecule has 0 amide bonds. The van der Waals surface area contributed by atoms with E-state index in [1.807, 2.05) is 0 Å². The lowest BCUT2D eigenvalue weighted by Crippen LogP contribution is -2.16. The van der Waals surface area contributed by atoms with Gasteiger partial charge in [0.1, 0.15) is 0 Å². The third-order valence-electron chi connectivity index (χ3n) is 2.85. The minimum Gasteiger partial charge on any atom is -0.427 e. The summed E-state index contributed by atoms with van der Waals surface area (Å²) in [4.78, 5) is 0. The van der Waals surface area contributed by atoms with Crippen molar-refractivity contribution in [1.82, 2.24) is 0 Å². The Kier molecular flexibility index (Phi) is 6.34. The molecule has 1 aromatic carbocycles. The van der Waals surface area contributed by atoms with Gasteiger partial charge in [0.15, 0.2) is 0 Å². The Hall–Kier alpha value is -1.05. The molecular formula is C12H17BF3NO2. The number of alkyl halides is 3. The molecule has 19 heavy (non-hydrogen) atoms. The summed E-state index contributed by atoms with van der Waals surface area (Å²) >= 11 is 0. The quantitative estimate of drug-likeness (QED) is 0.588. The first kappa shape index (κ1) is 16.0. The number of benzene rings is 1. The van der Waals surface area contributed by atoms with Gasteiger partial charge in [-0.3, -0.25) is 0 Å². The van der Waals surface area contributed by atoms with Crippen molar-refractivity contribution < 1.29 is 22.9 Å². The fourth-order valence-corrected chi connectivity index (χ4v) is 1.69. The van der Waals surface area contributed by atoms with Gasteiger partial charge in [-0.2, -0.15) is 13.2 Å². The first-order chi connectivity index (χ1) is 8.97. The van der Waals surface area contributed by atoms with Crippen molar-refractivity contribution in [3.05, 3.63) is 35.4 Å². The topological polar surface area (TPSA) is 55.5 Å². The third kappa shape index (κ3) is 5.63. The van der Waals surface area contributed by atoms with Crippen molar-refractivity contribution >= 4 is 7.48 Å². The van der Waals surface area contributed by atoms with E-state index in [1.54, 1.807) is 0 Å². The molecule has 0 saturated heterocycles. The van der Waals surface area contributed by atoms with Gasteiger partial charge in [0.25, 0.3) is 7.48 Å². The van der Waals surface area contributed by atoms with Gasteiger partial charge < -0.3 is 15.5 Å². The summed E-state index contributed by atoms with van der Waals surface area (Å²) in [7, 11) is 0.355. The van der Waals surface area contributed by atoms with Crippen LogP contribution in [0, 0.1) is 0 Å². The highest BCUT2D eigenvalue weighted by molar-refractivity contribution is 6.29. The molecule has 1 rings (SSSR count). The number of hydrogen-bond donors (Lipinski definition) is 2. The summed E-state index contributed by atoms with van der Waals surface area (Å²) in [6, 6.07) is 5.06. The van der Waals surface area contributed by atoms with Crippen molar-refractivity contribution in [3.8, 4) is 0 Å². The van der Waals surface area contributed by atoms with Crippen LogP contribution in [-0.2, 0) is 17.3 Å². The molecule has 1 atom stereocenters. The molecule has 1 aromatic rings. The minimum atomic E-state index is -4.30. The van der Waals surface area contributed by atoms with E-state index < -0.39 is 11.7 Å². The standard InChI is InChI=1S/C12H17BF3NO2/c14-12(15,16)10-4-1-9(2-5-10)3-6-11(7-18)13-19-8-17/h1-2,4-5,11,13,18H,3,6-8,17H2/t11-/m1/s1. The molecule has 0 aliphatic carbocycles. The summed E-state index contributed by atoms with van der Waals surface area (Å²) in [6.45, 7) is 0.0669. The summed E-state index contributed by atoms with van der Waals surface area (Å²) in [6.07, 6.45) is -3.07. The van der Waals surface area contributed by atoms with Gasteiger partial charge in [-0.05, 0) is 36.4 Å². The molecule has 0 spiro atoms. The van der Waals surface area contributed by atoms with Crippen molar-refractivity contribution in [3.63, 3.8) is 0 Å². The normalized spacial score (nSPS) is 13.3. The largest absolute Gasteiger partial charge is 0.427 e. The molecule has 0 unspecified atom stereocenters. The molecule has 0 radical (unpaired) electrons. The zero-order valence-corrected chi connectivity index (χ0v) is 10.5. The summed E-state index contributed by atoms with van der Waals surface area (Å²) in [5.41, 5.74) is 5.34. The monoisotopic (exact) mass is 275 g/mol. The zero-order valence-electron chi connectivity index (χ0n) is 10.5. The molecule has 0 fully saturated rings. The first-order valence-corrected chi connectivity index (χ1v) is 6.02. The summed E-state index contributed by atoms with van der Waals surface area (Å²) in [5, 5.41) is 9.11. The lowest BCUT2D eigenvalue weighted by atomic mass is 9.77. The van der Waals surface area contributed by atoms with Gasteiger partial charge in [-0.1, -0.05) is 12.1 Å². The van der Waals surface area contributed by atoms with E-state index in [0.717, 1.165) is 17.7 Å². The van der Waals surface area contributed by atoms with Gasteiger partial charge in [0.05, 0.1) is 12.3 Å². The van der Waals surface area contributed by atoms with Crippen LogP contribution in [0.15, 0.2) is 24.3 Å². The number of aliphatic hydroxyl groups is 1. The lowest BCUT2D eigenvalue weighted by Gasteiger charge is -2.12. The van der Waals surface area contributed by atoms with Gasteiger partial charge in [0.2, 0.25) is 0 Å². The lowest BCUT2D eigenvalue weighted by molar-refractivity contribution is -0.137. The van der Waals surface area contributed by atoms with Gasteiger partial charge >= 0.3 is 6.18 Å². The number of aryl methyl sites for hydroxylation is 1. The van der Waals surface area contributed by atoms with E-state index in [9.17, 15) is 13.2 Å². The number of aliphatic hydroxyl groups excluding tert-OH is 1. The van der Waals surface area contributed by atoms with E-state index in [4.69, 9.17) is 15.5 Å². The maximum absolute atomic E-state index is 12.4. The fraction of sp³-hybridized carbons (Fsp3) is 0.500. The third-order valence-corrected chi connectivity index (χ3v) is 2.85. The van der Waals surface area contributed by atoms with Crippen molar-refractivity contribution in [2.45, 2.75) is 24.8 Å². The van der Waals surface area contributed by atoms with E-state index >= 15 is 0 Å². The maximum atomic E-state index is 12.4. The molecule has 3 nitrogen and oxygen atoms in total. The number of rotatable bonds is 7. The maximum Gasteiger partial charge on any atom is 0.416 e. The molecule has 0 aliphatic heterocycles. The average Bonchev–Trinajstić information content (AvgIpc) is 2.38. The molecule has 3 N–H and O–H groups in total. The van der Waals surface area contributed by atoms with Crippen LogP contribution >= 0.6 is 0 Å². The Morgan fingerprint density at radius 2 is 1.89 bits per heavy atom. The van der Waals surface area contributed by atoms with E-state index in [-0.39, 0.29) is 19.2 Å². The average molecular weight is 275 g/mol. The van der Waals surface area contributed by atoms with Crippen LogP contribution in [-0.4, -0.2) is 25.9 Å². The molecular weight excluding hydrogens is 258 g/mol. The fourth-order valence-electron chi connectivity index (χ4n) is 1.69. The Bertz CT molecular complexity index is 370. The number of halogens is 3. The van der Waals surface area contributed by atoms with E-state index in [1.165, 1.54) is 12.1 Å². The first-order valence-electron chi connectivity index (χ1n) is 6.02. The molecule has 106 valence electrons. The van der Waals surface area contributed by atoms with Gasteiger partial charge in [-0.25, -0.2) is 0 Å². The number of nitrogens with two attached hydrogens (primary N) is 1. The van der Waals surface area contributed by atoms with Crippen LogP contribution in [0.25, 0.3) is 0 Å². The highest BCUT2D eigenvalue weighted by atomic mass is 19.4. The van der Waals surface area contributed by atoms with Crippen molar-refractivity contribution in [2.75, 3.05) is 13.3 Å². The molecule has 0 saturated carbocycles. The zero-order chi connectivity index (χ0) is 14.3. The van der Waals surface area contributed by atoms with Crippen LogP contribution < -0.4 is 5.73 Å². The molecule has 7 heteroatoms. The number of hydrogen-bond acceptors (Lipinski definition) is 3. The highest BCUT2D eigenvalue weighted by Crippen LogP contribution is 2.29. The Balaban J connectivity index is 2.49. The molecule has 0 aromatic heterocycles. The van der Waals surface area contributed by atoms with Crippen LogP contribution in [0.4, 0.5) is 13.2 Å². The van der Waals surface area contributed by atoms with Gasteiger partial charge in [-0.15, -0.1) is 0 Å². The van der Waals surface area contributed by atoms with Crippen LogP contribution in [0.2, 0.25) is 5.82 Å². The van der Waals surface area contributed by atoms with Gasteiger partial charge in [0, 0.05) is 6.61 Å². The predicted molar refractivity (Wildman–Crippen MR) is 67.9 cm³/mol. The van der Waals surface area contributed by atoms with Crippen LogP contribution in [0.1, 0.15) is 17.5 Å². The second kappa shape index (κ2) is 7.52. The predicted octanol–water partition coefficient (Wildman–Crippen LogP) is 1.70. The Morgan fingerprint density at radius 1 is 1.26 bits per heavy atom. The van der Waals surface area contributed by atoms with Crippen molar-refractivity contribution in [1.29, 1.82) is 0 Å².